The minimum absolute atomic E-state index is 0.0808. The van der Waals surface area contributed by atoms with E-state index in [9.17, 15) is 9.59 Å². The first-order chi connectivity index (χ1) is 10.5. The summed E-state index contributed by atoms with van der Waals surface area (Å²) >= 11 is 5.92. The van der Waals surface area contributed by atoms with Gasteiger partial charge in [0.2, 0.25) is 0 Å². The standard InChI is InChI=1S/C16H20ClNO4/c1-11-5-7-18(8-6-11)15(19)10-22-14-9-12(17)3-4-13(14)16(20)21-2/h3-4,9,11H,5-8,10H2,1-2H3. The van der Waals surface area contributed by atoms with E-state index in [0.29, 0.717) is 10.9 Å². The maximum absolute atomic E-state index is 12.2. The molecule has 0 unspecified atom stereocenters. The first-order valence-corrected chi connectivity index (χ1v) is 7.67. The molecule has 120 valence electrons. The molecular weight excluding hydrogens is 306 g/mol. The number of carbonyl (C=O) groups excluding carboxylic acids is 2. The van der Waals surface area contributed by atoms with Crippen molar-refractivity contribution in [3.8, 4) is 5.75 Å². The quantitative estimate of drug-likeness (QED) is 0.799. The monoisotopic (exact) mass is 325 g/mol. The third-order valence-electron chi connectivity index (χ3n) is 3.84. The first kappa shape index (κ1) is 16.6. The van der Waals surface area contributed by atoms with Gasteiger partial charge in [-0.25, -0.2) is 4.79 Å². The number of esters is 1. The SMILES string of the molecule is COC(=O)c1ccc(Cl)cc1OCC(=O)N1CCC(C)CC1. The molecular formula is C16H20ClNO4. The van der Waals surface area contributed by atoms with Crippen molar-refractivity contribution in [3.63, 3.8) is 0 Å². The number of hydrogen-bond acceptors (Lipinski definition) is 4. The molecule has 0 N–H and O–H groups in total. The molecule has 0 spiro atoms. The van der Waals surface area contributed by atoms with Gasteiger partial charge in [0, 0.05) is 18.1 Å². The van der Waals surface area contributed by atoms with E-state index in [0.717, 1.165) is 25.9 Å². The Morgan fingerprint density at radius 3 is 2.64 bits per heavy atom. The fourth-order valence-corrected chi connectivity index (χ4v) is 2.55. The van der Waals surface area contributed by atoms with Crippen LogP contribution >= 0.6 is 11.6 Å². The number of piperidine rings is 1. The molecule has 2 rings (SSSR count). The van der Waals surface area contributed by atoms with Crippen LogP contribution in [0.25, 0.3) is 0 Å². The van der Waals surface area contributed by atoms with Crippen LogP contribution in [0.2, 0.25) is 5.02 Å². The summed E-state index contributed by atoms with van der Waals surface area (Å²) in [5.74, 6) is 0.315. The van der Waals surface area contributed by atoms with Gasteiger partial charge in [0.15, 0.2) is 6.61 Å². The Morgan fingerprint density at radius 1 is 1.32 bits per heavy atom. The Hall–Kier alpha value is -1.75. The smallest absolute Gasteiger partial charge is 0.341 e. The molecule has 1 aromatic carbocycles. The molecule has 1 aliphatic rings. The Labute approximate surface area is 135 Å². The normalized spacial score (nSPS) is 15.5. The minimum atomic E-state index is -0.522. The van der Waals surface area contributed by atoms with Crippen LogP contribution in [-0.4, -0.2) is 43.6 Å². The van der Waals surface area contributed by atoms with Crippen LogP contribution in [0.5, 0.6) is 5.75 Å². The highest BCUT2D eigenvalue weighted by Gasteiger charge is 2.21. The van der Waals surface area contributed by atoms with Crippen molar-refractivity contribution in [1.29, 1.82) is 0 Å². The molecule has 1 fully saturated rings. The van der Waals surface area contributed by atoms with E-state index in [1.807, 2.05) is 0 Å². The van der Waals surface area contributed by atoms with Gasteiger partial charge < -0.3 is 14.4 Å². The van der Waals surface area contributed by atoms with Gasteiger partial charge in [-0.2, -0.15) is 0 Å². The Kier molecular flexibility index (Phi) is 5.66. The molecule has 0 aromatic heterocycles. The molecule has 1 saturated heterocycles. The second kappa shape index (κ2) is 7.49. The van der Waals surface area contributed by atoms with Crippen LogP contribution in [0.3, 0.4) is 0 Å². The van der Waals surface area contributed by atoms with Crippen LogP contribution < -0.4 is 4.74 Å². The van der Waals surface area contributed by atoms with Crippen LogP contribution in [0.4, 0.5) is 0 Å². The molecule has 0 atom stereocenters. The maximum Gasteiger partial charge on any atom is 0.341 e. The molecule has 1 aromatic rings. The maximum atomic E-state index is 12.2. The Bertz CT molecular complexity index is 553. The topological polar surface area (TPSA) is 55.8 Å². The number of ether oxygens (including phenoxy) is 2. The van der Waals surface area contributed by atoms with E-state index in [4.69, 9.17) is 21.1 Å². The lowest BCUT2D eigenvalue weighted by molar-refractivity contribution is -0.134. The van der Waals surface area contributed by atoms with E-state index in [1.54, 1.807) is 11.0 Å². The summed E-state index contributed by atoms with van der Waals surface area (Å²) in [5, 5.41) is 0.432. The molecule has 1 amide bonds. The largest absolute Gasteiger partial charge is 0.483 e. The zero-order valence-electron chi connectivity index (χ0n) is 12.8. The van der Waals surface area contributed by atoms with E-state index in [1.165, 1.54) is 19.2 Å². The van der Waals surface area contributed by atoms with Crippen molar-refractivity contribution < 1.29 is 19.1 Å². The average molecular weight is 326 g/mol. The van der Waals surface area contributed by atoms with Crippen molar-refractivity contribution in [2.24, 2.45) is 5.92 Å². The number of likely N-dealkylation sites (tertiary alicyclic amines) is 1. The lowest BCUT2D eigenvalue weighted by Gasteiger charge is -2.30. The number of benzene rings is 1. The van der Waals surface area contributed by atoms with Gasteiger partial charge >= 0.3 is 5.97 Å². The number of halogens is 1. The lowest BCUT2D eigenvalue weighted by Crippen LogP contribution is -2.40. The second-order valence-electron chi connectivity index (χ2n) is 5.48. The summed E-state index contributed by atoms with van der Waals surface area (Å²) in [6, 6.07) is 4.62. The lowest BCUT2D eigenvalue weighted by atomic mass is 9.99. The third-order valence-corrected chi connectivity index (χ3v) is 4.07. The highest BCUT2D eigenvalue weighted by Crippen LogP contribution is 2.24. The minimum Gasteiger partial charge on any atom is -0.483 e. The van der Waals surface area contributed by atoms with Gasteiger partial charge in [0.05, 0.1) is 7.11 Å². The Balaban J connectivity index is 2.00. The zero-order valence-corrected chi connectivity index (χ0v) is 13.6. The first-order valence-electron chi connectivity index (χ1n) is 7.29. The fraction of sp³-hybridized carbons (Fsp3) is 0.500. The van der Waals surface area contributed by atoms with E-state index < -0.39 is 5.97 Å². The number of hydrogen-bond donors (Lipinski definition) is 0. The molecule has 0 saturated carbocycles. The molecule has 22 heavy (non-hydrogen) atoms. The average Bonchev–Trinajstić information content (AvgIpc) is 2.52. The number of amides is 1. The predicted molar refractivity (Wildman–Crippen MR) is 83.3 cm³/mol. The summed E-state index contributed by atoms with van der Waals surface area (Å²) in [6.45, 7) is 3.58. The van der Waals surface area contributed by atoms with Crippen LogP contribution in [0, 0.1) is 5.92 Å². The summed E-state index contributed by atoms with van der Waals surface area (Å²) < 4.78 is 10.2. The number of nitrogens with zero attached hydrogens (tertiary/aromatic N) is 1. The Morgan fingerprint density at radius 2 is 2.00 bits per heavy atom. The second-order valence-corrected chi connectivity index (χ2v) is 5.92. The number of carbonyl (C=O) groups is 2. The fourth-order valence-electron chi connectivity index (χ4n) is 2.38. The molecule has 1 aliphatic heterocycles. The van der Waals surface area contributed by atoms with Crippen molar-refractivity contribution in [1.82, 2.24) is 4.90 Å². The summed E-state index contributed by atoms with van der Waals surface area (Å²) in [4.78, 5) is 25.6. The van der Waals surface area contributed by atoms with E-state index in [2.05, 4.69) is 6.92 Å². The van der Waals surface area contributed by atoms with Gasteiger partial charge in [0.1, 0.15) is 11.3 Å². The van der Waals surface area contributed by atoms with E-state index in [-0.39, 0.29) is 23.8 Å². The third kappa shape index (κ3) is 4.13. The predicted octanol–water partition coefficient (Wildman–Crippen LogP) is 2.76. The van der Waals surface area contributed by atoms with Crippen molar-refractivity contribution in [2.75, 3.05) is 26.8 Å². The zero-order chi connectivity index (χ0) is 16.1. The number of rotatable bonds is 4. The van der Waals surface area contributed by atoms with Gasteiger partial charge in [-0.05, 0) is 37.0 Å². The summed E-state index contributed by atoms with van der Waals surface area (Å²) in [5.41, 5.74) is 0.256. The van der Waals surface area contributed by atoms with Gasteiger partial charge in [-0.1, -0.05) is 18.5 Å². The highest BCUT2D eigenvalue weighted by atomic mass is 35.5. The highest BCUT2D eigenvalue weighted by molar-refractivity contribution is 6.30. The summed E-state index contributed by atoms with van der Waals surface area (Å²) in [6.07, 6.45) is 2.02. The summed E-state index contributed by atoms with van der Waals surface area (Å²) in [7, 11) is 1.29. The molecule has 1 heterocycles. The van der Waals surface area contributed by atoms with E-state index >= 15 is 0 Å². The van der Waals surface area contributed by atoms with Crippen LogP contribution in [-0.2, 0) is 9.53 Å². The molecule has 0 radical (unpaired) electrons. The van der Waals surface area contributed by atoms with Crippen molar-refractivity contribution in [2.45, 2.75) is 19.8 Å². The van der Waals surface area contributed by atoms with Gasteiger partial charge in [0.25, 0.3) is 5.91 Å². The molecule has 0 aliphatic carbocycles. The van der Waals surface area contributed by atoms with Crippen LogP contribution in [0.1, 0.15) is 30.1 Å². The van der Waals surface area contributed by atoms with Crippen molar-refractivity contribution in [3.05, 3.63) is 28.8 Å². The molecule has 5 nitrogen and oxygen atoms in total. The molecule has 0 bridgehead atoms. The molecule has 6 heteroatoms. The number of methoxy groups -OCH3 is 1. The van der Waals surface area contributed by atoms with Gasteiger partial charge in [-0.15, -0.1) is 0 Å². The van der Waals surface area contributed by atoms with Crippen molar-refractivity contribution >= 4 is 23.5 Å². The van der Waals surface area contributed by atoms with Gasteiger partial charge in [-0.3, -0.25) is 4.79 Å². The van der Waals surface area contributed by atoms with Crippen LogP contribution in [0.15, 0.2) is 18.2 Å².